The van der Waals surface area contributed by atoms with Crippen LogP contribution in [0.25, 0.3) is 0 Å². The van der Waals surface area contributed by atoms with Crippen LogP contribution in [0.2, 0.25) is 0 Å². The zero-order chi connectivity index (χ0) is 16.7. The average Bonchev–Trinajstić information content (AvgIpc) is 2.48. The lowest BCUT2D eigenvalue weighted by molar-refractivity contribution is -0.946. The smallest absolute Gasteiger partial charge is 0.183 e. The van der Waals surface area contributed by atoms with E-state index in [1.54, 1.807) is 0 Å². The molecule has 130 valence electrons. The van der Waals surface area contributed by atoms with Crippen molar-refractivity contribution in [1.29, 1.82) is 0 Å². The third kappa shape index (κ3) is 10.7. The number of nitrogens with zero attached hydrogens (tertiary/aromatic N) is 1. The lowest BCUT2D eigenvalue weighted by Gasteiger charge is -2.37. The van der Waals surface area contributed by atoms with Gasteiger partial charge in [0, 0.05) is 12.4 Å². The van der Waals surface area contributed by atoms with Crippen molar-refractivity contribution in [2.45, 2.75) is 39.0 Å². The van der Waals surface area contributed by atoms with Gasteiger partial charge in [0.05, 0.1) is 26.4 Å². The predicted molar refractivity (Wildman–Crippen MR) is 82.8 cm³/mol. The van der Waals surface area contributed by atoms with E-state index in [0.717, 1.165) is 25.7 Å². The van der Waals surface area contributed by atoms with Crippen molar-refractivity contribution in [1.82, 2.24) is 0 Å². The second-order valence-electron chi connectivity index (χ2n) is 5.54. The SMILES string of the molecule is C/C=C/CCCCCOC[N+](CCO)(CCO)CCC(=O)[O-]. The largest absolute Gasteiger partial charge is 0.550 e. The topological polar surface area (TPSA) is 89.8 Å². The standard InChI is InChI=1S/C16H31NO5/c1-2-3-4-5-6-7-14-22-15-17(10-12-18,11-13-19)9-8-16(20)21/h2-3,18-19H,4-15H2,1H3/b3-2+. The van der Waals surface area contributed by atoms with Crippen LogP contribution >= 0.6 is 0 Å². The quantitative estimate of drug-likeness (QED) is 0.193. The highest BCUT2D eigenvalue weighted by Crippen LogP contribution is 2.09. The first-order valence-electron chi connectivity index (χ1n) is 8.06. The molecule has 2 N–H and O–H groups in total. The van der Waals surface area contributed by atoms with E-state index in [9.17, 15) is 20.1 Å². The Morgan fingerprint density at radius 2 is 1.82 bits per heavy atom. The third-order valence-corrected chi connectivity index (χ3v) is 3.70. The van der Waals surface area contributed by atoms with Crippen LogP contribution in [0.1, 0.15) is 39.0 Å². The summed E-state index contributed by atoms with van der Waals surface area (Å²) in [5, 5.41) is 29.1. The lowest BCUT2D eigenvalue weighted by atomic mass is 10.2. The Kier molecular flexibility index (Phi) is 13.1. The molecule has 0 spiro atoms. The van der Waals surface area contributed by atoms with Gasteiger partial charge in [-0.25, -0.2) is 0 Å². The van der Waals surface area contributed by atoms with Crippen molar-refractivity contribution in [2.75, 3.05) is 46.2 Å². The molecule has 6 heteroatoms. The number of carbonyl (C=O) groups excluding carboxylic acids is 1. The van der Waals surface area contributed by atoms with Gasteiger partial charge in [0.2, 0.25) is 0 Å². The number of unbranched alkanes of at least 4 members (excludes halogenated alkanes) is 3. The number of hydrogen-bond donors (Lipinski definition) is 2. The number of allylic oxidation sites excluding steroid dienone is 2. The van der Waals surface area contributed by atoms with Crippen molar-refractivity contribution >= 4 is 5.97 Å². The molecular formula is C16H31NO5. The fourth-order valence-corrected chi connectivity index (χ4v) is 2.35. The molecule has 0 aromatic rings. The summed E-state index contributed by atoms with van der Waals surface area (Å²) >= 11 is 0. The van der Waals surface area contributed by atoms with Gasteiger partial charge in [0.15, 0.2) is 6.73 Å². The minimum atomic E-state index is -1.12. The summed E-state index contributed by atoms with van der Waals surface area (Å²) in [5.41, 5.74) is 0. The molecule has 0 amide bonds. The van der Waals surface area contributed by atoms with Crippen LogP contribution in [0.4, 0.5) is 0 Å². The maximum absolute atomic E-state index is 10.7. The summed E-state index contributed by atoms with van der Waals surface area (Å²) in [4.78, 5) is 10.7. The molecule has 0 aliphatic carbocycles. The number of carbonyl (C=O) groups is 1. The van der Waals surface area contributed by atoms with E-state index >= 15 is 0 Å². The number of carboxylic acids is 1. The number of aliphatic hydroxyl groups is 2. The summed E-state index contributed by atoms with van der Waals surface area (Å²) in [6.45, 7) is 3.82. The van der Waals surface area contributed by atoms with Gasteiger partial charge in [-0.15, -0.1) is 0 Å². The van der Waals surface area contributed by atoms with E-state index in [1.165, 1.54) is 0 Å². The van der Waals surface area contributed by atoms with Crippen LogP contribution in [0.15, 0.2) is 12.2 Å². The summed E-state index contributed by atoms with van der Waals surface area (Å²) in [6.07, 6.45) is 8.34. The van der Waals surface area contributed by atoms with Crippen LogP contribution in [-0.4, -0.2) is 66.9 Å². The van der Waals surface area contributed by atoms with Crippen LogP contribution < -0.4 is 5.11 Å². The summed E-state index contributed by atoms with van der Waals surface area (Å²) < 4.78 is 5.91. The molecule has 0 aliphatic rings. The van der Waals surface area contributed by atoms with E-state index in [-0.39, 0.29) is 24.1 Å². The Morgan fingerprint density at radius 1 is 1.14 bits per heavy atom. The minimum Gasteiger partial charge on any atom is -0.550 e. The molecule has 0 bridgehead atoms. The molecule has 0 heterocycles. The first-order chi connectivity index (χ1) is 10.6. The molecule has 6 nitrogen and oxygen atoms in total. The Hall–Kier alpha value is -0.950. The monoisotopic (exact) mass is 317 g/mol. The van der Waals surface area contributed by atoms with Gasteiger partial charge in [-0.1, -0.05) is 18.6 Å². The molecule has 0 radical (unpaired) electrons. The van der Waals surface area contributed by atoms with Gasteiger partial charge >= 0.3 is 0 Å². The van der Waals surface area contributed by atoms with Crippen LogP contribution in [-0.2, 0) is 9.53 Å². The zero-order valence-corrected chi connectivity index (χ0v) is 13.7. The summed E-state index contributed by atoms with van der Waals surface area (Å²) in [7, 11) is 0. The third-order valence-electron chi connectivity index (χ3n) is 3.70. The Labute approximate surface area is 133 Å². The van der Waals surface area contributed by atoms with E-state index in [2.05, 4.69) is 6.08 Å². The number of rotatable bonds is 15. The molecule has 0 saturated carbocycles. The first kappa shape index (κ1) is 21.0. The van der Waals surface area contributed by atoms with Gasteiger partial charge in [-0.05, 0) is 26.2 Å². The number of aliphatic carboxylic acids is 1. The highest BCUT2D eigenvalue weighted by atomic mass is 16.5. The second kappa shape index (κ2) is 13.7. The minimum absolute atomic E-state index is 0.0697. The van der Waals surface area contributed by atoms with Crippen molar-refractivity contribution in [3.05, 3.63) is 12.2 Å². The number of quaternary nitrogens is 1. The van der Waals surface area contributed by atoms with Gasteiger partial charge in [-0.2, -0.15) is 0 Å². The average molecular weight is 317 g/mol. The summed E-state index contributed by atoms with van der Waals surface area (Å²) in [6, 6.07) is 0. The van der Waals surface area contributed by atoms with Crippen LogP contribution in [0.3, 0.4) is 0 Å². The highest BCUT2D eigenvalue weighted by molar-refractivity contribution is 5.64. The fourth-order valence-electron chi connectivity index (χ4n) is 2.35. The van der Waals surface area contributed by atoms with Crippen LogP contribution in [0, 0.1) is 0 Å². The van der Waals surface area contributed by atoms with Crippen molar-refractivity contribution in [2.24, 2.45) is 0 Å². The Morgan fingerprint density at radius 3 is 2.36 bits per heavy atom. The van der Waals surface area contributed by atoms with E-state index < -0.39 is 5.97 Å². The van der Waals surface area contributed by atoms with Crippen molar-refractivity contribution in [3.8, 4) is 0 Å². The Bertz CT molecular complexity index is 301. The fraction of sp³-hybridized carbons (Fsp3) is 0.812. The normalized spacial score (nSPS) is 12.1. The number of aliphatic hydroxyl groups excluding tert-OH is 2. The highest BCUT2D eigenvalue weighted by Gasteiger charge is 2.26. The van der Waals surface area contributed by atoms with E-state index in [4.69, 9.17) is 4.74 Å². The van der Waals surface area contributed by atoms with E-state index in [0.29, 0.717) is 33.0 Å². The molecular weight excluding hydrogens is 286 g/mol. The molecule has 0 rings (SSSR count). The van der Waals surface area contributed by atoms with Crippen LogP contribution in [0.5, 0.6) is 0 Å². The molecule has 0 atom stereocenters. The number of hydrogen-bond acceptors (Lipinski definition) is 5. The molecule has 0 saturated heterocycles. The molecule has 0 unspecified atom stereocenters. The number of ether oxygens (including phenoxy) is 1. The van der Waals surface area contributed by atoms with Gasteiger partial charge in [0.25, 0.3) is 0 Å². The lowest BCUT2D eigenvalue weighted by Crippen LogP contribution is -2.54. The van der Waals surface area contributed by atoms with Gasteiger partial charge < -0.3 is 24.9 Å². The van der Waals surface area contributed by atoms with Gasteiger partial charge in [0.1, 0.15) is 13.1 Å². The first-order valence-corrected chi connectivity index (χ1v) is 8.06. The predicted octanol–water partition coefficient (Wildman–Crippen LogP) is 0.0384. The molecule has 22 heavy (non-hydrogen) atoms. The Balaban J connectivity index is 4.12. The van der Waals surface area contributed by atoms with Crippen molar-refractivity contribution < 1.29 is 29.3 Å². The van der Waals surface area contributed by atoms with Gasteiger partial charge in [-0.3, -0.25) is 4.48 Å². The maximum Gasteiger partial charge on any atom is 0.183 e. The van der Waals surface area contributed by atoms with Crippen molar-refractivity contribution in [3.63, 3.8) is 0 Å². The summed E-state index contributed by atoms with van der Waals surface area (Å²) in [5.74, 6) is -1.12. The molecule has 0 aromatic heterocycles. The zero-order valence-electron chi connectivity index (χ0n) is 13.7. The second-order valence-corrected chi connectivity index (χ2v) is 5.54. The number of carboxylic acid groups (broad SMARTS) is 1. The maximum atomic E-state index is 10.7. The molecule has 0 aliphatic heterocycles. The molecule has 0 fully saturated rings. The van der Waals surface area contributed by atoms with E-state index in [1.807, 2.05) is 13.0 Å². The molecule has 0 aromatic carbocycles.